The fraction of sp³-hybridized carbons (Fsp3) is 0.500. The first-order valence-electron chi connectivity index (χ1n) is 7.42. The molecule has 0 atom stereocenters. The maximum atomic E-state index is 11.5. The molecule has 0 saturated carbocycles. The summed E-state index contributed by atoms with van der Waals surface area (Å²) in [5.41, 5.74) is 4.15. The predicted molar refractivity (Wildman–Crippen MR) is 98.9 cm³/mol. The van der Waals surface area contributed by atoms with Crippen molar-refractivity contribution in [2.75, 3.05) is 0 Å². The largest absolute Gasteiger partial charge is 2.00 e. The van der Waals surface area contributed by atoms with Crippen molar-refractivity contribution in [3.05, 3.63) is 35.5 Å². The minimum atomic E-state index is -1.08. The van der Waals surface area contributed by atoms with Gasteiger partial charge in [0.05, 0.1) is 5.91 Å². The molecule has 0 aromatic carbocycles. The van der Waals surface area contributed by atoms with Crippen LogP contribution in [0.1, 0.15) is 62.7 Å². The van der Waals surface area contributed by atoms with Crippen molar-refractivity contribution in [2.45, 2.75) is 52.4 Å². The van der Waals surface area contributed by atoms with E-state index in [1.54, 1.807) is 30.7 Å². The van der Waals surface area contributed by atoms with Gasteiger partial charge in [-0.05, 0) is 38.1 Å². The van der Waals surface area contributed by atoms with E-state index in [1.165, 1.54) is 25.7 Å². The van der Waals surface area contributed by atoms with E-state index in [1.807, 2.05) is 0 Å². The zero-order valence-electron chi connectivity index (χ0n) is 15.5. The SMILES string of the molecule is CC(=O)[O-].CCCCCCC/C=N\[N-]C(=O)c1ccncc1.O.O.O.O.[Co+2]. The van der Waals surface area contributed by atoms with Crippen molar-refractivity contribution in [3.63, 3.8) is 0 Å². The van der Waals surface area contributed by atoms with Crippen molar-refractivity contribution in [1.82, 2.24) is 4.98 Å². The zero-order chi connectivity index (χ0) is 16.6. The summed E-state index contributed by atoms with van der Waals surface area (Å²) in [6.07, 6.45) is 11.9. The number of hydrogen-bond donors (Lipinski definition) is 0. The molecule has 0 aliphatic carbocycles. The molecule has 0 saturated heterocycles. The van der Waals surface area contributed by atoms with Crippen LogP contribution >= 0.6 is 0 Å². The van der Waals surface area contributed by atoms with Crippen LogP contribution < -0.4 is 5.11 Å². The van der Waals surface area contributed by atoms with Crippen LogP contribution in [0.2, 0.25) is 0 Å². The van der Waals surface area contributed by atoms with Crippen molar-refractivity contribution in [3.8, 4) is 0 Å². The molecule has 10 nitrogen and oxygen atoms in total. The molecule has 1 amide bonds. The van der Waals surface area contributed by atoms with E-state index in [2.05, 4.69) is 22.4 Å². The average Bonchev–Trinajstić information content (AvgIpc) is 2.50. The first-order chi connectivity index (χ1) is 10.6. The molecule has 1 rings (SSSR count). The van der Waals surface area contributed by atoms with Gasteiger partial charge in [0, 0.05) is 23.9 Å². The Labute approximate surface area is 169 Å². The van der Waals surface area contributed by atoms with Crippen LogP contribution in [0.4, 0.5) is 0 Å². The van der Waals surface area contributed by atoms with Crippen LogP contribution in [-0.4, -0.2) is 45.0 Å². The van der Waals surface area contributed by atoms with Gasteiger partial charge in [0.15, 0.2) is 0 Å². The van der Waals surface area contributed by atoms with Crippen LogP contribution in [0, 0.1) is 0 Å². The van der Waals surface area contributed by atoms with Crippen molar-refractivity contribution in [2.24, 2.45) is 5.10 Å². The molecule has 1 aromatic heterocycles. The smallest absolute Gasteiger partial charge is 0.550 e. The molecule has 0 fully saturated rings. The first kappa shape index (κ1) is 40.0. The minimum Gasteiger partial charge on any atom is -0.550 e. The van der Waals surface area contributed by atoms with Gasteiger partial charge in [0.2, 0.25) is 0 Å². The number of unbranched alkanes of at least 4 members (excludes halogenated alkanes) is 5. The van der Waals surface area contributed by atoms with Gasteiger partial charge >= 0.3 is 16.8 Å². The van der Waals surface area contributed by atoms with Gasteiger partial charge < -0.3 is 47.1 Å². The number of carboxylic acid groups (broad SMARTS) is 1. The molecule has 1 aromatic rings. The number of carboxylic acids is 1. The van der Waals surface area contributed by atoms with E-state index in [0.717, 1.165) is 19.8 Å². The van der Waals surface area contributed by atoms with Crippen molar-refractivity contribution in [1.29, 1.82) is 0 Å². The van der Waals surface area contributed by atoms with Crippen LogP contribution in [0.25, 0.3) is 5.43 Å². The summed E-state index contributed by atoms with van der Waals surface area (Å²) in [7, 11) is 0. The van der Waals surface area contributed by atoms with Gasteiger partial charge in [0.1, 0.15) is 0 Å². The van der Waals surface area contributed by atoms with E-state index in [0.29, 0.717) is 5.56 Å². The van der Waals surface area contributed by atoms with Crippen LogP contribution in [0.3, 0.4) is 0 Å². The Bertz CT molecular complexity index is 459. The Balaban J connectivity index is -0.000000112. The summed E-state index contributed by atoms with van der Waals surface area (Å²) in [5.74, 6) is -1.40. The van der Waals surface area contributed by atoms with Gasteiger partial charge in [-0.1, -0.05) is 32.6 Å². The second-order valence-electron chi connectivity index (χ2n) is 4.63. The van der Waals surface area contributed by atoms with E-state index in [-0.39, 0.29) is 44.6 Å². The molecular formula is C16H31CoN3O7. The summed E-state index contributed by atoms with van der Waals surface area (Å²) in [5, 5.41) is 12.7. The Morgan fingerprint density at radius 3 is 2.04 bits per heavy atom. The second-order valence-corrected chi connectivity index (χ2v) is 4.63. The molecule has 27 heavy (non-hydrogen) atoms. The summed E-state index contributed by atoms with van der Waals surface area (Å²) < 4.78 is 0. The maximum absolute atomic E-state index is 11.5. The predicted octanol–water partition coefficient (Wildman–Crippen LogP) is -0.603. The quantitative estimate of drug-likeness (QED) is 0.295. The van der Waals surface area contributed by atoms with Gasteiger partial charge in [-0.25, -0.2) is 0 Å². The van der Waals surface area contributed by atoms with E-state index < -0.39 is 5.97 Å². The number of nitrogens with zero attached hydrogens (tertiary/aromatic N) is 3. The number of amides is 1. The molecule has 161 valence electrons. The molecule has 0 aliphatic rings. The summed E-state index contributed by atoms with van der Waals surface area (Å²) >= 11 is 0. The topological polar surface area (TPSA) is 223 Å². The van der Waals surface area contributed by atoms with Crippen LogP contribution in [0.5, 0.6) is 0 Å². The summed E-state index contributed by atoms with van der Waals surface area (Å²) in [6.45, 7) is 3.17. The van der Waals surface area contributed by atoms with E-state index in [4.69, 9.17) is 9.90 Å². The Morgan fingerprint density at radius 1 is 1.07 bits per heavy atom. The Morgan fingerprint density at radius 2 is 1.56 bits per heavy atom. The van der Waals surface area contributed by atoms with Gasteiger partial charge in [-0.2, -0.15) is 0 Å². The Hall–Kier alpha value is -1.89. The third kappa shape index (κ3) is 29.1. The zero-order valence-corrected chi connectivity index (χ0v) is 16.6. The normalized spacial score (nSPS) is 8.07. The maximum Gasteiger partial charge on any atom is 2.00 e. The number of aliphatic carboxylic acids is 1. The van der Waals surface area contributed by atoms with Crippen LogP contribution in [-0.2, 0) is 21.6 Å². The number of pyridine rings is 1. The second kappa shape index (κ2) is 28.9. The minimum absolute atomic E-state index is 0. The molecule has 11 heteroatoms. The van der Waals surface area contributed by atoms with Crippen LogP contribution in [0.15, 0.2) is 29.6 Å². The number of aromatic nitrogens is 1. The fourth-order valence-electron chi connectivity index (χ4n) is 1.54. The fourth-order valence-corrected chi connectivity index (χ4v) is 1.54. The third-order valence-corrected chi connectivity index (χ3v) is 2.59. The number of hydrogen-bond acceptors (Lipinski definition) is 5. The molecule has 0 aliphatic heterocycles. The number of carbonyl (C=O) groups excluding carboxylic acids is 2. The molecular weight excluding hydrogens is 405 g/mol. The van der Waals surface area contributed by atoms with Gasteiger partial charge in [0.25, 0.3) is 0 Å². The first-order valence-corrected chi connectivity index (χ1v) is 7.42. The Kier molecular flexibility index (Phi) is 42.8. The molecule has 1 heterocycles. The van der Waals surface area contributed by atoms with Gasteiger partial charge in [-0.3, -0.25) is 4.98 Å². The van der Waals surface area contributed by atoms with Gasteiger partial charge in [-0.15, -0.1) is 0 Å². The van der Waals surface area contributed by atoms with E-state index in [9.17, 15) is 4.79 Å². The molecule has 0 spiro atoms. The number of carbonyl (C=O) groups is 2. The van der Waals surface area contributed by atoms with Crippen molar-refractivity contribution >= 4 is 18.1 Å². The molecule has 8 N–H and O–H groups in total. The van der Waals surface area contributed by atoms with E-state index >= 15 is 0 Å². The molecule has 0 bridgehead atoms. The monoisotopic (exact) mass is 436 g/mol. The molecule has 1 radical (unpaired) electrons. The van der Waals surface area contributed by atoms with Crippen molar-refractivity contribution < 1.29 is 53.4 Å². The average molecular weight is 436 g/mol. The standard InChI is InChI=1S/C14H21N3O.C2H4O2.Co.4H2O/c1-2-3-4-5-6-7-10-16-17-14(18)13-8-11-15-12-9-13;1-2(3)4;;;;;/h8-12H,2-7H2,1H3,(H,17,18);1H3,(H,3,4);;4*1H2/q;;+2;;;;/p-2/b16-10-;;;;;;. The summed E-state index contributed by atoms with van der Waals surface area (Å²) in [6, 6.07) is 3.26. The third-order valence-electron chi connectivity index (χ3n) is 2.59. The number of rotatable bonds is 8. The summed E-state index contributed by atoms with van der Waals surface area (Å²) in [4.78, 5) is 24.2. The molecule has 0 unspecified atom stereocenters.